The second kappa shape index (κ2) is 8.31. The number of benzene rings is 2. The maximum absolute atomic E-state index is 12.6. The van der Waals surface area contributed by atoms with Crippen LogP contribution in [0.4, 0.5) is 0 Å². The van der Waals surface area contributed by atoms with Gasteiger partial charge >= 0.3 is 0 Å². The molecule has 9 nitrogen and oxygen atoms in total. The molecular weight excluding hydrogens is 426 g/mol. The van der Waals surface area contributed by atoms with Gasteiger partial charge in [-0.25, -0.2) is 4.98 Å². The van der Waals surface area contributed by atoms with E-state index in [-0.39, 0.29) is 5.56 Å². The van der Waals surface area contributed by atoms with E-state index in [9.17, 15) is 4.79 Å². The number of fused-ring (bicyclic) bond motifs is 1. The maximum Gasteiger partial charge on any atom is 0.274 e. The lowest BCUT2D eigenvalue weighted by atomic mass is 10.2. The summed E-state index contributed by atoms with van der Waals surface area (Å²) in [5, 5.41) is 12.3. The first kappa shape index (κ1) is 20.0. The number of aromatic amines is 1. The molecule has 0 bridgehead atoms. The molecule has 0 spiro atoms. The molecule has 160 valence electrons. The average molecular weight is 446 g/mol. The SMILES string of the molecule is COc1ccc(-c2nnc(SCc3cc(=O)n4[nH]c(-c5ccccc5)nc4n3)n2C)cc1. The quantitative estimate of drug-likeness (QED) is 0.400. The van der Waals surface area contributed by atoms with E-state index in [1.807, 2.05) is 66.2 Å². The maximum atomic E-state index is 12.6. The number of ether oxygens (including phenoxy) is 1. The van der Waals surface area contributed by atoms with Crippen LogP contribution < -0.4 is 10.3 Å². The molecule has 0 radical (unpaired) electrons. The monoisotopic (exact) mass is 445 g/mol. The van der Waals surface area contributed by atoms with E-state index in [1.165, 1.54) is 22.3 Å². The number of rotatable bonds is 6. The van der Waals surface area contributed by atoms with Crippen molar-refractivity contribution in [3.8, 4) is 28.5 Å². The standard InChI is InChI=1S/C22H19N7O2S/c1-28-20(15-8-10-17(31-2)11-9-15)25-26-22(28)32-13-16-12-18(30)29-21(23-16)24-19(27-29)14-6-4-3-5-7-14/h3-12H,13H2,1-2H3,(H,23,24,27). The van der Waals surface area contributed by atoms with Gasteiger partial charge in [0, 0.05) is 30.0 Å². The van der Waals surface area contributed by atoms with Crippen LogP contribution in [0, 0.1) is 0 Å². The molecule has 32 heavy (non-hydrogen) atoms. The second-order valence-corrected chi connectivity index (χ2v) is 7.98. The van der Waals surface area contributed by atoms with Crippen LogP contribution >= 0.6 is 11.8 Å². The Morgan fingerprint density at radius 3 is 2.53 bits per heavy atom. The number of hydrogen-bond donors (Lipinski definition) is 1. The van der Waals surface area contributed by atoms with E-state index >= 15 is 0 Å². The summed E-state index contributed by atoms with van der Waals surface area (Å²) < 4.78 is 8.47. The Bertz CT molecular complexity index is 1440. The zero-order valence-corrected chi connectivity index (χ0v) is 18.2. The highest BCUT2D eigenvalue weighted by atomic mass is 32.2. The van der Waals surface area contributed by atoms with Gasteiger partial charge in [-0.1, -0.05) is 42.1 Å². The van der Waals surface area contributed by atoms with Crippen molar-refractivity contribution in [1.29, 1.82) is 0 Å². The molecule has 0 atom stereocenters. The van der Waals surface area contributed by atoms with E-state index < -0.39 is 0 Å². The fourth-order valence-corrected chi connectivity index (χ4v) is 4.10. The Morgan fingerprint density at radius 2 is 1.78 bits per heavy atom. The fraction of sp³-hybridized carbons (Fsp3) is 0.136. The third-order valence-corrected chi connectivity index (χ3v) is 6.02. The summed E-state index contributed by atoms with van der Waals surface area (Å²) in [6, 6.07) is 18.8. The van der Waals surface area contributed by atoms with E-state index in [2.05, 4.69) is 25.3 Å². The van der Waals surface area contributed by atoms with Gasteiger partial charge in [-0.05, 0) is 24.3 Å². The minimum atomic E-state index is -0.211. The summed E-state index contributed by atoms with van der Waals surface area (Å²) in [5.41, 5.74) is 2.24. The van der Waals surface area contributed by atoms with Crippen LogP contribution in [0.5, 0.6) is 5.75 Å². The van der Waals surface area contributed by atoms with Gasteiger partial charge in [0.25, 0.3) is 11.3 Å². The minimum Gasteiger partial charge on any atom is -0.497 e. The topological polar surface area (TPSA) is 103 Å². The first-order chi connectivity index (χ1) is 15.6. The van der Waals surface area contributed by atoms with E-state index in [1.54, 1.807) is 7.11 Å². The number of H-pyrrole nitrogens is 1. The first-order valence-corrected chi connectivity index (χ1v) is 10.8. The van der Waals surface area contributed by atoms with E-state index in [0.29, 0.717) is 23.0 Å². The van der Waals surface area contributed by atoms with Crippen molar-refractivity contribution in [2.24, 2.45) is 7.05 Å². The molecule has 0 saturated carbocycles. The molecule has 0 saturated heterocycles. The number of hydrogen-bond acceptors (Lipinski definition) is 7. The molecule has 0 aliphatic rings. The van der Waals surface area contributed by atoms with Gasteiger partial charge in [0.15, 0.2) is 16.8 Å². The largest absolute Gasteiger partial charge is 0.497 e. The normalized spacial score (nSPS) is 11.2. The predicted molar refractivity (Wildman–Crippen MR) is 122 cm³/mol. The molecule has 0 aliphatic heterocycles. The lowest BCUT2D eigenvalue weighted by molar-refractivity contribution is 0.415. The highest BCUT2D eigenvalue weighted by Gasteiger charge is 2.14. The molecule has 10 heteroatoms. The van der Waals surface area contributed by atoms with Gasteiger partial charge in [0.2, 0.25) is 0 Å². The van der Waals surface area contributed by atoms with Crippen molar-refractivity contribution in [3.05, 3.63) is 76.7 Å². The second-order valence-electron chi connectivity index (χ2n) is 7.04. The van der Waals surface area contributed by atoms with Crippen LogP contribution in [0.25, 0.3) is 28.6 Å². The number of methoxy groups -OCH3 is 1. The number of nitrogens with zero attached hydrogens (tertiary/aromatic N) is 6. The molecule has 1 N–H and O–H groups in total. The van der Waals surface area contributed by atoms with Gasteiger partial charge in [-0.15, -0.1) is 10.2 Å². The molecule has 0 amide bonds. The van der Waals surface area contributed by atoms with Crippen LogP contribution in [0.2, 0.25) is 0 Å². The summed E-state index contributed by atoms with van der Waals surface area (Å²) in [5.74, 6) is 2.93. The summed E-state index contributed by atoms with van der Waals surface area (Å²) >= 11 is 1.46. The first-order valence-electron chi connectivity index (χ1n) is 9.83. The molecule has 5 rings (SSSR count). The van der Waals surface area contributed by atoms with Gasteiger partial charge in [-0.3, -0.25) is 9.89 Å². The van der Waals surface area contributed by atoms with Crippen molar-refractivity contribution in [2.75, 3.05) is 7.11 Å². The summed E-state index contributed by atoms with van der Waals surface area (Å²) in [6.45, 7) is 0. The van der Waals surface area contributed by atoms with Gasteiger partial charge in [0.05, 0.1) is 12.8 Å². The van der Waals surface area contributed by atoms with E-state index in [4.69, 9.17) is 4.74 Å². The highest BCUT2D eigenvalue weighted by Crippen LogP contribution is 2.26. The Balaban J connectivity index is 1.37. The van der Waals surface area contributed by atoms with Crippen LogP contribution in [0.15, 0.2) is 70.6 Å². The third-order valence-electron chi connectivity index (χ3n) is 4.96. The number of aromatic nitrogens is 7. The van der Waals surface area contributed by atoms with Crippen molar-refractivity contribution in [3.63, 3.8) is 0 Å². The lowest BCUT2D eigenvalue weighted by Gasteiger charge is -2.05. The molecule has 3 heterocycles. The average Bonchev–Trinajstić information content (AvgIpc) is 3.42. The molecule has 0 fully saturated rings. The van der Waals surface area contributed by atoms with Crippen molar-refractivity contribution >= 4 is 17.5 Å². The number of nitrogens with one attached hydrogen (secondary N) is 1. The predicted octanol–water partition coefficient (Wildman–Crippen LogP) is 3.18. The Hall–Kier alpha value is -3.92. The summed E-state index contributed by atoms with van der Waals surface area (Å²) in [4.78, 5) is 21.6. The zero-order chi connectivity index (χ0) is 22.1. The van der Waals surface area contributed by atoms with Crippen molar-refractivity contribution in [1.82, 2.24) is 34.3 Å². The molecule has 3 aromatic heterocycles. The van der Waals surface area contributed by atoms with Gasteiger partial charge in [0.1, 0.15) is 5.75 Å². The smallest absolute Gasteiger partial charge is 0.274 e. The van der Waals surface area contributed by atoms with Crippen molar-refractivity contribution < 1.29 is 4.74 Å². The molecule has 0 aliphatic carbocycles. The molecular formula is C22H19N7O2S. The Morgan fingerprint density at radius 1 is 1.00 bits per heavy atom. The molecule has 5 aromatic rings. The Labute approximate surface area is 187 Å². The summed E-state index contributed by atoms with van der Waals surface area (Å²) in [7, 11) is 3.54. The third kappa shape index (κ3) is 3.76. The molecule has 0 unspecified atom stereocenters. The lowest BCUT2D eigenvalue weighted by Crippen LogP contribution is -2.15. The van der Waals surface area contributed by atoms with Gasteiger partial charge in [-0.2, -0.15) is 9.50 Å². The van der Waals surface area contributed by atoms with Crippen LogP contribution in [0.1, 0.15) is 5.69 Å². The fourth-order valence-electron chi connectivity index (χ4n) is 3.30. The van der Waals surface area contributed by atoms with Crippen LogP contribution in [-0.2, 0) is 12.8 Å². The minimum absolute atomic E-state index is 0.211. The van der Waals surface area contributed by atoms with Crippen LogP contribution in [-0.4, -0.2) is 41.5 Å². The van der Waals surface area contributed by atoms with Crippen LogP contribution in [0.3, 0.4) is 0 Å². The summed E-state index contributed by atoms with van der Waals surface area (Å²) in [6.07, 6.45) is 0. The van der Waals surface area contributed by atoms with E-state index in [0.717, 1.165) is 27.9 Å². The zero-order valence-electron chi connectivity index (χ0n) is 17.4. The van der Waals surface area contributed by atoms with Gasteiger partial charge < -0.3 is 9.30 Å². The van der Waals surface area contributed by atoms with Crippen molar-refractivity contribution in [2.45, 2.75) is 10.9 Å². The number of thioether (sulfide) groups is 1. The Kier molecular flexibility index (Phi) is 5.20. The molecule has 2 aromatic carbocycles. The highest BCUT2D eigenvalue weighted by molar-refractivity contribution is 7.98.